The second-order valence-electron chi connectivity index (χ2n) is 7.43. The van der Waals surface area contributed by atoms with Crippen LogP contribution in [0, 0.1) is 5.92 Å². The molecule has 0 spiro atoms. The molecule has 2 aromatic carbocycles. The van der Waals surface area contributed by atoms with Crippen LogP contribution in [0.2, 0.25) is 0 Å². The maximum atomic E-state index is 12.7. The van der Waals surface area contributed by atoms with Gasteiger partial charge >= 0.3 is 0 Å². The largest absolute Gasteiger partial charge is 0.355 e. The molecule has 0 aromatic heterocycles. The second-order valence-corrected chi connectivity index (χ2v) is 8.56. The normalized spacial score (nSPS) is 14.5. The number of benzene rings is 2. The summed E-state index contributed by atoms with van der Waals surface area (Å²) in [5.41, 5.74) is 2.20. The lowest BCUT2D eigenvalue weighted by molar-refractivity contribution is -0.125. The molecule has 1 aliphatic heterocycles. The first-order chi connectivity index (χ1) is 13.6. The Hall–Kier alpha value is -2.27. The van der Waals surface area contributed by atoms with Crippen LogP contribution in [-0.2, 0) is 9.59 Å². The first-order valence-corrected chi connectivity index (χ1v) is 10.9. The van der Waals surface area contributed by atoms with E-state index in [4.69, 9.17) is 0 Å². The van der Waals surface area contributed by atoms with E-state index in [-0.39, 0.29) is 30.6 Å². The van der Waals surface area contributed by atoms with Crippen molar-refractivity contribution >= 4 is 29.3 Å². The Balaban J connectivity index is 1.51. The topological polar surface area (TPSA) is 49.4 Å². The van der Waals surface area contributed by atoms with Crippen LogP contribution in [0.5, 0.6) is 0 Å². The van der Waals surface area contributed by atoms with E-state index in [0.29, 0.717) is 19.0 Å². The fourth-order valence-electron chi connectivity index (χ4n) is 3.53. The molecule has 148 valence electrons. The predicted octanol–water partition coefficient (Wildman–Crippen LogP) is 4.46. The van der Waals surface area contributed by atoms with Crippen molar-refractivity contribution in [2.24, 2.45) is 5.92 Å². The van der Waals surface area contributed by atoms with E-state index in [9.17, 15) is 9.59 Å². The number of hydrogen-bond acceptors (Lipinski definition) is 3. The number of amides is 2. The van der Waals surface area contributed by atoms with Crippen LogP contribution in [-0.4, -0.2) is 30.7 Å². The number of carbonyl (C=O) groups excluding carboxylic acids is 2. The zero-order chi connectivity index (χ0) is 19.9. The van der Waals surface area contributed by atoms with Gasteiger partial charge in [-0.25, -0.2) is 0 Å². The molecule has 0 saturated carbocycles. The van der Waals surface area contributed by atoms with Crippen molar-refractivity contribution in [3.8, 4) is 0 Å². The average molecular weight is 397 g/mol. The molecule has 28 heavy (non-hydrogen) atoms. The van der Waals surface area contributed by atoms with Crippen molar-refractivity contribution in [1.82, 2.24) is 5.32 Å². The number of fused-ring (bicyclic) bond motifs is 1. The minimum atomic E-state index is -0.0606. The van der Waals surface area contributed by atoms with Crippen molar-refractivity contribution in [3.63, 3.8) is 0 Å². The number of hydrogen-bond donors (Lipinski definition) is 1. The summed E-state index contributed by atoms with van der Waals surface area (Å²) in [6, 6.07) is 18.2. The highest BCUT2D eigenvalue weighted by Gasteiger charge is 2.23. The molecule has 1 aliphatic rings. The summed E-state index contributed by atoms with van der Waals surface area (Å²) in [5, 5.41) is 3.03. The van der Waals surface area contributed by atoms with Crippen LogP contribution >= 0.6 is 11.8 Å². The molecule has 5 heteroatoms. The summed E-state index contributed by atoms with van der Waals surface area (Å²) < 4.78 is 0. The minimum Gasteiger partial charge on any atom is -0.355 e. The smallest absolute Gasteiger partial charge is 0.227 e. The summed E-state index contributed by atoms with van der Waals surface area (Å²) in [6.45, 7) is 5.63. The van der Waals surface area contributed by atoms with Crippen LogP contribution in [0.15, 0.2) is 59.5 Å². The molecular weight excluding hydrogens is 368 g/mol. The highest BCUT2D eigenvalue weighted by molar-refractivity contribution is 7.99. The Labute approximate surface area is 171 Å². The Bertz CT molecular complexity index is 807. The summed E-state index contributed by atoms with van der Waals surface area (Å²) in [4.78, 5) is 28.0. The van der Waals surface area contributed by atoms with Gasteiger partial charge in [-0.15, -0.1) is 11.8 Å². The van der Waals surface area contributed by atoms with Gasteiger partial charge in [0, 0.05) is 42.5 Å². The van der Waals surface area contributed by atoms with E-state index >= 15 is 0 Å². The Morgan fingerprint density at radius 2 is 1.75 bits per heavy atom. The zero-order valence-corrected chi connectivity index (χ0v) is 17.4. The molecule has 1 atom stereocenters. The molecular formula is C23H28N2O2S. The van der Waals surface area contributed by atoms with E-state index < -0.39 is 0 Å². The number of thioether (sulfide) groups is 1. The maximum Gasteiger partial charge on any atom is 0.227 e. The van der Waals surface area contributed by atoms with Crippen molar-refractivity contribution in [3.05, 3.63) is 60.2 Å². The Kier molecular flexibility index (Phi) is 7.15. The van der Waals surface area contributed by atoms with Gasteiger partial charge in [0.2, 0.25) is 11.8 Å². The number of anilines is 1. The Morgan fingerprint density at radius 1 is 1.04 bits per heavy atom. The molecule has 0 saturated heterocycles. The predicted molar refractivity (Wildman–Crippen MR) is 116 cm³/mol. The fraction of sp³-hybridized carbons (Fsp3) is 0.391. The van der Waals surface area contributed by atoms with Gasteiger partial charge in [0.15, 0.2) is 0 Å². The summed E-state index contributed by atoms with van der Waals surface area (Å²) >= 11 is 1.77. The first-order valence-electron chi connectivity index (χ1n) is 9.90. The molecule has 2 amide bonds. The van der Waals surface area contributed by atoms with Gasteiger partial charge in [-0.1, -0.05) is 56.3 Å². The van der Waals surface area contributed by atoms with Crippen LogP contribution in [0.4, 0.5) is 5.69 Å². The third-order valence-corrected chi connectivity index (χ3v) is 6.19. The molecule has 0 aliphatic carbocycles. The average Bonchev–Trinajstić information content (AvgIpc) is 2.72. The molecule has 4 nitrogen and oxygen atoms in total. The van der Waals surface area contributed by atoms with Gasteiger partial charge in [0.05, 0.1) is 5.69 Å². The highest BCUT2D eigenvalue weighted by atomic mass is 32.2. The Morgan fingerprint density at radius 3 is 2.50 bits per heavy atom. The lowest BCUT2D eigenvalue weighted by atomic mass is 9.88. The molecule has 1 unspecified atom stereocenters. The minimum absolute atomic E-state index is 0.0198. The lowest BCUT2D eigenvalue weighted by Crippen LogP contribution is -2.36. The van der Waals surface area contributed by atoms with Gasteiger partial charge in [0.25, 0.3) is 0 Å². The van der Waals surface area contributed by atoms with Crippen molar-refractivity contribution in [1.29, 1.82) is 0 Å². The van der Waals surface area contributed by atoms with Crippen LogP contribution in [0.3, 0.4) is 0 Å². The van der Waals surface area contributed by atoms with Gasteiger partial charge in [-0.2, -0.15) is 0 Å². The summed E-state index contributed by atoms with van der Waals surface area (Å²) in [6.07, 6.45) is 0.465. The van der Waals surface area contributed by atoms with Crippen molar-refractivity contribution < 1.29 is 9.59 Å². The molecule has 3 rings (SSSR count). The quantitative estimate of drug-likeness (QED) is 0.752. The third-order valence-electron chi connectivity index (χ3n) is 5.15. The van der Waals surface area contributed by atoms with Crippen molar-refractivity contribution in [2.75, 3.05) is 23.7 Å². The number of nitrogens with one attached hydrogen (secondary N) is 1. The number of carbonyl (C=O) groups is 2. The number of para-hydroxylation sites is 1. The monoisotopic (exact) mass is 396 g/mol. The molecule has 2 aromatic rings. The number of nitrogens with zero attached hydrogens (tertiary/aromatic N) is 1. The fourth-order valence-corrected chi connectivity index (χ4v) is 4.53. The van der Waals surface area contributed by atoms with Gasteiger partial charge in [-0.3, -0.25) is 9.59 Å². The highest BCUT2D eigenvalue weighted by Crippen LogP contribution is 2.34. The molecule has 0 fully saturated rings. The third kappa shape index (κ3) is 5.16. The van der Waals surface area contributed by atoms with Gasteiger partial charge in [-0.05, 0) is 23.6 Å². The van der Waals surface area contributed by atoms with E-state index in [1.165, 1.54) is 5.56 Å². The van der Waals surface area contributed by atoms with Gasteiger partial charge in [0.1, 0.15) is 0 Å². The molecule has 1 heterocycles. The van der Waals surface area contributed by atoms with Crippen LogP contribution < -0.4 is 10.2 Å². The van der Waals surface area contributed by atoms with E-state index in [1.807, 2.05) is 47.4 Å². The molecule has 0 bridgehead atoms. The molecule has 0 radical (unpaired) electrons. The standard InChI is InChI=1S/C23H28N2O2S/c1-17(2)19(18-8-4-3-5-9-18)16-24-22(26)12-13-23(27)25-14-15-28-21-11-7-6-10-20(21)25/h3-11,17,19H,12-16H2,1-2H3,(H,24,26). The maximum absolute atomic E-state index is 12.7. The zero-order valence-electron chi connectivity index (χ0n) is 16.6. The second kappa shape index (κ2) is 9.78. The van der Waals surface area contributed by atoms with E-state index in [2.05, 4.69) is 31.3 Å². The van der Waals surface area contributed by atoms with Crippen LogP contribution in [0.25, 0.3) is 0 Å². The SMILES string of the molecule is CC(C)C(CNC(=O)CCC(=O)N1CCSc2ccccc21)c1ccccc1. The van der Waals surface area contributed by atoms with Gasteiger partial charge < -0.3 is 10.2 Å². The van der Waals surface area contributed by atoms with Crippen molar-refractivity contribution in [2.45, 2.75) is 37.5 Å². The summed E-state index contributed by atoms with van der Waals surface area (Å²) in [5.74, 6) is 1.54. The van der Waals surface area contributed by atoms with Crippen LogP contribution in [0.1, 0.15) is 38.2 Å². The molecule has 1 N–H and O–H groups in total. The first kappa shape index (κ1) is 20.5. The number of rotatable bonds is 7. The van der Waals surface area contributed by atoms with E-state index in [1.54, 1.807) is 11.8 Å². The van der Waals surface area contributed by atoms with E-state index in [0.717, 1.165) is 16.3 Å². The lowest BCUT2D eigenvalue weighted by Gasteiger charge is -2.29. The summed E-state index contributed by atoms with van der Waals surface area (Å²) in [7, 11) is 0.